The monoisotopic (exact) mass is 687 g/mol. The summed E-state index contributed by atoms with van der Waals surface area (Å²) in [7, 11) is -1.99. The normalized spacial score (nSPS) is 13.5. The zero-order valence-electron chi connectivity index (χ0n) is 21.4. The number of nitrogens with zero attached hydrogens (tertiary/aromatic N) is 2. The van der Waals surface area contributed by atoms with Gasteiger partial charge in [-0.2, -0.15) is 23.5 Å². The van der Waals surface area contributed by atoms with Crippen LogP contribution in [0.5, 0.6) is 0 Å². The fourth-order valence-corrected chi connectivity index (χ4v) is 11.5. The summed E-state index contributed by atoms with van der Waals surface area (Å²) in [6.45, 7) is 4.25. The summed E-state index contributed by atoms with van der Waals surface area (Å²) in [5, 5.41) is 15.7. The number of aliphatic hydroxyl groups is 1. The predicted molar refractivity (Wildman–Crippen MR) is 185 cm³/mol. The molecule has 7 nitrogen and oxygen atoms in total. The van der Waals surface area contributed by atoms with Crippen molar-refractivity contribution < 1.29 is 18.3 Å². The third-order valence-corrected chi connectivity index (χ3v) is 14.4. The van der Waals surface area contributed by atoms with Gasteiger partial charge < -0.3 is 10.4 Å². The lowest BCUT2D eigenvalue weighted by Gasteiger charge is -2.05. The highest BCUT2D eigenvalue weighted by molar-refractivity contribution is 8.23. The van der Waals surface area contributed by atoms with Crippen LogP contribution in [0, 0.1) is 0 Å². The molecule has 0 bridgehead atoms. The molecule has 0 saturated heterocycles. The Balaban J connectivity index is 3.31. The van der Waals surface area contributed by atoms with Crippen molar-refractivity contribution >= 4 is 120 Å². The molecule has 0 rings (SSSR count). The number of aliphatic imine (C=N–C) groups is 2. The Morgan fingerprint density at radius 3 is 2.05 bits per heavy atom. The molecule has 0 aliphatic heterocycles. The topological polar surface area (TPSA) is 108 Å². The molecule has 0 aliphatic carbocycles. The van der Waals surface area contributed by atoms with E-state index < -0.39 is 21.6 Å². The van der Waals surface area contributed by atoms with E-state index in [0.717, 1.165) is 62.1 Å². The lowest BCUT2D eigenvalue weighted by atomic mass is 10.5. The number of hydrogen-bond acceptors (Lipinski definition) is 13. The van der Waals surface area contributed by atoms with E-state index in [9.17, 15) is 13.2 Å². The summed E-state index contributed by atoms with van der Waals surface area (Å²) < 4.78 is 23.1. The standard InChI is InChI=1S/C21H41N3O4S9/c1-2-4-22-15-37(28)14-12-32-20-34-19-31-10-11-35-21(26)24-6-9-30-18-33-17-29-8-5-23-16-36(27)13-3-7-25/h15-16,25H,2-14,17-20H2,1H3,(H,24,26). The van der Waals surface area contributed by atoms with Gasteiger partial charge in [0.2, 0.25) is 0 Å². The third kappa shape index (κ3) is 31.9. The Morgan fingerprint density at radius 2 is 1.38 bits per heavy atom. The maximum absolute atomic E-state index is 11.9. The quantitative estimate of drug-likeness (QED) is 0.0527. The Hall–Kier alpha value is 1.52. The predicted octanol–water partition coefficient (Wildman–Crippen LogP) is 5.00. The Kier molecular flexibility index (Phi) is 33.4. The highest BCUT2D eigenvalue weighted by Crippen LogP contribution is 2.19. The maximum Gasteiger partial charge on any atom is 0.279 e. The van der Waals surface area contributed by atoms with Crippen LogP contribution < -0.4 is 5.32 Å². The molecule has 0 fully saturated rings. The Labute approximate surface area is 258 Å². The number of rotatable bonds is 27. The summed E-state index contributed by atoms with van der Waals surface area (Å²) in [5.41, 5.74) is 3.07. The van der Waals surface area contributed by atoms with Gasteiger partial charge in [0, 0.05) is 86.9 Å². The van der Waals surface area contributed by atoms with Crippen LogP contribution in [0.2, 0.25) is 0 Å². The van der Waals surface area contributed by atoms with E-state index in [1.807, 2.05) is 70.6 Å². The smallest absolute Gasteiger partial charge is 0.279 e. The molecule has 0 saturated carbocycles. The van der Waals surface area contributed by atoms with Crippen LogP contribution in [0.25, 0.3) is 0 Å². The zero-order chi connectivity index (χ0) is 27.2. The van der Waals surface area contributed by atoms with Gasteiger partial charge in [0.05, 0.1) is 32.7 Å². The van der Waals surface area contributed by atoms with E-state index in [1.165, 1.54) is 17.3 Å². The second kappa shape index (κ2) is 32.0. The van der Waals surface area contributed by atoms with Crippen LogP contribution in [0.4, 0.5) is 4.79 Å². The number of thioether (sulfide) groups is 7. The van der Waals surface area contributed by atoms with Gasteiger partial charge in [-0.15, -0.1) is 47.0 Å². The molecule has 0 aromatic carbocycles. The molecule has 2 atom stereocenters. The van der Waals surface area contributed by atoms with Gasteiger partial charge in [-0.05, 0) is 12.8 Å². The number of hydrogen-bond donors (Lipinski definition) is 2. The van der Waals surface area contributed by atoms with Crippen molar-refractivity contribution in [1.82, 2.24) is 5.32 Å². The summed E-state index contributed by atoms with van der Waals surface area (Å²) in [5.74, 6) is 5.64. The Bertz CT molecular complexity index is 646. The van der Waals surface area contributed by atoms with Gasteiger partial charge in [-0.3, -0.25) is 23.2 Å². The number of carbonyl (C=O) groups is 1. The highest BCUT2D eigenvalue weighted by atomic mass is 32.2. The highest BCUT2D eigenvalue weighted by Gasteiger charge is 2.02. The minimum atomic E-state index is -1.06. The maximum atomic E-state index is 11.9. The Morgan fingerprint density at radius 1 is 0.784 bits per heavy atom. The summed E-state index contributed by atoms with van der Waals surface area (Å²) in [6.07, 6.45) is 1.53. The lowest BCUT2D eigenvalue weighted by molar-refractivity contribution is 0.261. The largest absolute Gasteiger partial charge is 0.396 e. The van der Waals surface area contributed by atoms with Crippen LogP contribution in [0.15, 0.2) is 9.98 Å². The molecule has 0 aromatic rings. The fraction of sp³-hybridized carbons (Fsp3) is 0.857. The lowest BCUT2D eigenvalue weighted by Crippen LogP contribution is -2.22. The van der Waals surface area contributed by atoms with E-state index >= 15 is 0 Å². The van der Waals surface area contributed by atoms with E-state index in [4.69, 9.17) is 5.11 Å². The van der Waals surface area contributed by atoms with Crippen molar-refractivity contribution in [1.29, 1.82) is 0 Å². The SMILES string of the molecule is CCCN=CS(=O)CCSCSCSCCSC(=O)NCCSCSCSCCN=CS(=O)CCCO. The summed E-state index contributed by atoms with van der Waals surface area (Å²) in [4.78, 5) is 20.2. The van der Waals surface area contributed by atoms with E-state index in [2.05, 4.69) is 22.2 Å². The second-order valence-corrected chi connectivity index (χ2v) is 18.5. The van der Waals surface area contributed by atoms with Crippen LogP contribution >= 0.6 is 82.3 Å². The molecule has 0 aromatic heterocycles. The van der Waals surface area contributed by atoms with Gasteiger partial charge in [0.1, 0.15) is 0 Å². The average Bonchev–Trinajstić information content (AvgIpc) is 2.89. The number of carbonyl (C=O) groups excluding carboxylic acids is 1. The summed E-state index contributed by atoms with van der Waals surface area (Å²) >= 11 is 12.4. The molecule has 0 heterocycles. The van der Waals surface area contributed by atoms with Crippen LogP contribution in [-0.4, -0.2) is 117 Å². The molecule has 37 heavy (non-hydrogen) atoms. The first-order chi connectivity index (χ1) is 18.1. The molecule has 218 valence electrons. The number of amides is 1. The van der Waals surface area contributed by atoms with Gasteiger partial charge in [-0.1, -0.05) is 18.7 Å². The third-order valence-electron chi connectivity index (χ3n) is 3.68. The van der Waals surface area contributed by atoms with Gasteiger partial charge >= 0.3 is 0 Å². The molecule has 0 spiro atoms. The zero-order valence-corrected chi connectivity index (χ0v) is 28.8. The van der Waals surface area contributed by atoms with E-state index in [-0.39, 0.29) is 11.8 Å². The van der Waals surface area contributed by atoms with Gasteiger partial charge in [0.15, 0.2) is 0 Å². The first-order valence-corrected chi connectivity index (χ1v) is 22.5. The van der Waals surface area contributed by atoms with Crippen molar-refractivity contribution in [3.05, 3.63) is 0 Å². The minimum Gasteiger partial charge on any atom is -0.396 e. The van der Waals surface area contributed by atoms with Crippen molar-refractivity contribution in [3.63, 3.8) is 0 Å². The molecule has 2 N–H and O–H groups in total. The molecule has 16 heteroatoms. The first-order valence-electron chi connectivity index (χ1n) is 11.8. The molecular weight excluding hydrogens is 647 g/mol. The molecule has 1 amide bonds. The second-order valence-electron chi connectivity index (χ2n) is 6.85. The molecule has 0 radical (unpaired) electrons. The van der Waals surface area contributed by atoms with E-state index in [0.29, 0.717) is 31.0 Å². The van der Waals surface area contributed by atoms with E-state index in [1.54, 1.807) is 5.55 Å². The van der Waals surface area contributed by atoms with Crippen molar-refractivity contribution in [2.45, 2.75) is 19.8 Å². The first kappa shape index (κ1) is 38.5. The fourth-order valence-electron chi connectivity index (χ4n) is 1.98. The van der Waals surface area contributed by atoms with Crippen molar-refractivity contribution in [2.24, 2.45) is 9.98 Å². The molecule has 2 unspecified atom stereocenters. The molecule has 0 aliphatic rings. The number of aliphatic hydroxyl groups excluding tert-OH is 1. The van der Waals surface area contributed by atoms with Crippen LogP contribution in [-0.2, 0) is 21.6 Å². The summed E-state index contributed by atoms with van der Waals surface area (Å²) in [6, 6.07) is 0. The van der Waals surface area contributed by atoms with Crippen LogP contribution in [0.1, 0.15) is 19.8 Å². The molecular formula is C21H41N3O4S9. The van der Waals surface area contributed by atoms with Gasteiger partial charge in [0.25, 0.3) is 5.24 Å². The average molecular weight is 688 g/mol. The number of nitrogens with one attached hydrogen (secondary N) is 1. The van der Waals surface area contributed by atoms with Gasteiger partial charge in [-0.25, -0.2) is 0 Å². The van der Waals surface area contributed by atoms with Crippen molar-refractivity contribution in [2.75, 3.05) is 86.9 Å². The minimum absolute atomic E-state index is 0.0564. The van der Waals surface area contributed by atoms with Crippen LogP contribution in [0.3, 0.4) is 0 Å². The van der Waals surface area contributed by atoms with Crippen molar-refractivity contribution in [3.8, 4) is 0 Å².